The number of nitrogens with two attached hydrogens (primary N) is 1. The van der Waals surface area contributed by atoms with E-state index in [-0.39, 0.29) is 47.5 Å². The molecule has 6 nitrogen and oxygen atoms in total. The van der Waals surface area contributed by atoms with Gasteiger partial charge in [-0.05, 0) is 29.9 Å². The van der Waals surface area contributed by atoms with E-state index in [0.717, 1.165) is 4.90 Å². The van der Waals surface area contributed by atoms with E-state index >= 15 is 0 Å². The van der Waals surface area contributed by atoms with E-state index in [1.807, 2.05) is 27.7 Å². The Morgan fingerprint density at radius 2 is 1.67 bits per heavy atom. The molecule has 1 aromatic rings. The number of nitrogens with zero attached hydrogens (tertiary/aromatic N) is 2. The average Bonchev–Trinajstić information content (AvgIpc) is 2.83. The number of halogens is 1. The zero-order valence-corrected chi connectivity index (χ0v) is 17.1. The van der Waals surface area contributed by atoms with Crippen molar-refractivity contribution in [3.8, 4) is 0 Å². The first-order chi connectivity index (χ1) is 12.1. The Kier molecular flexibility index (Phi) is 6.02. The van der Waals surface area contributed by atoms with Crippen LogP contribution in [0.2, 0.25) is 0 Å². The third-order valence-electron chi connectivity index (χ3n) is 5.61. The predicted molar refractivity (Wildman–Crippen MR) is 106 cm³/mol. The number of fused-ring (bicyclic) bond motifs is 1. The maximum Gasteiger partial charge on any atom is 0.262 e. The zero-order chi connectivity index (χ0) is 19.2. The van der Waals surface area contributed by atoms with Gasteiger partial charge in [-0.15, -0.1) is 12.4 Å². The fourth-order valence-electron chi connectivity index (χ4n) is 3.90. The van der Waals surface area contributed by atoms with E-state index in [2.05, 4.69) is 0 Å². The molecule has 27 heavy (non-hydrogen) atoms. The van der Waals surface area contributed by atoms with Gasteiger partial charge in [0.15, 0.2) is 0 Å². The van der Waals surface area contributed by atoms with Crippen LogP contribution in [0.3, 0.4) is 0 Å². The van der Waals surface area contributed by atoms with E-state index in [9.17, 15) is 14.4 Å². The molecular formula is C20H28ClN3O3. The third kappa shape index (κ3) is 3.60. The summed E-state index contributed by atoms with van der Waals surface area (Å²) in [5, 5.41) is 0. The van der Waals surface area contributed by atoms with E-state index < -0.39 is 6.04 Å². The van der Waals surface area contributed by atoms with Crippen LogP contribution in [-0.4, -0.2) is 52.7 Å². The third-order valence-corrected chi connectivity index (χ3v) is 5.61. The van der Waals surface area contributed by atoms with Crippen LogP contribution in [0.25, 0.3) is 0 Å². The minimum absolute atomic E-state index is 0. The standard InChI is InChI=1S/C20H27N3O3.ClH/c1-12(2)16(19(26)22-10-9-15(21)20(3,4)11-22)23-17(24)13-7-5-6-8-14(13)18(23)25;/h5-8,12,15-16H,9-11,21H2,1-4H3;1H. The van der Waals surface area contributed by atoms with Crippen molar-refractivity contribution in [1.29, 1.82) is 0 Å². The molecule has 3 rings (SSSR count). The summed E-state index contributed by atoms with van der Waals surface area (Å²) in [5.41, 5.74) is 6.73. The summed E-state index contributed by atoms with van der Waals surface area (Å²) >= 11 is 0. The molecule has 3 amide bonds. The molecule has 0 aliphatic carbocycles. The van der Waals surface area contributed by atoms with E-state index in [0.29, 0.717) is 30.6 Å². The number of amides is 3. The average molecular weight is 394 g/mol. The summed E-state index contributed by atoms with van der Waals surface area (Å²) in [6.45, 7) is 8.90. The Balaban J connectivity index is 0.00000261. The lowest BCUT2D eigenvalue weighted by Gasteiger charge is -2.44. The zero-order valence-electron chi connectivity index (χ0n) is 16.3. The quantitative estimate of drug-likeness (QED) is 0.798. The number of piperidine rings is 1. The van der Waals surface area contributed by atoms with Crippen LogP contribution in [0.5, 0.6) is 0 Å². The van der Waals surface area contributed by atoms with Gasteiger partial charge in [0.2, 0.25) is 5.91 Å². The molecule has 1 aromatic carbocycles. The molecule has 0 spiro atoms. The number of carbonyl (C=O) groups excluding carboxylic acids is 3. The highest BCUT2D eigenvalue weighted by molar-refractivity contribution is 6.22. The molecule has 1 fully saturated rings. The minimum atomic E-state index is -0.799. The molecule has 2 heterocycles. The fourth-order valence-corrected chi connectivity index (χ4v) is 3.90. The first-order valence-electron chi connectivity index (χ1n) is 9.16. The van der Waals surface area contributed by atoms with E-state index in [1.165, 1.54) is 0 Å². The summed E-state index contributed by atoms with van der Waals surface area (Å²) < 4.78 is 0. The number of likely N-dealkylation sites (tertiary alicyclic amines) is 1. The molecule has 0 saturated carbocycles. The van der Waals surface area contributed by atoms with Crippen LogP contribution < -0.4 is 5.73 Å². The highest BCUT2D eigenvalue weighted by atomic mass is 35.5. The van der Waals surface area contributed by atoms with Crippen LogP contribution in [0.4, 0.5) is 0 Å². The van der Waals surface area contributed by atoms with Gasteiger partial charge in [0.1, 0.15) is 6.04 Å². The first kappa shape index (κ1) is 21.4. The molecule has 2 unspecified atom stereocenters. The smallest absolute Gasteiger partial charge is 0.262 e. The van der Waals surface area contributed by atoms with Crippen molar-refractivity contribution < 1.29 is 14.4 Å². The van der Waals surface area contributed by atoms with Gasteiger partial charge in [0, 0.05) is 19.1 Å². The lowest BCUT2D eigenvalue weighted by molar-refractivity contribution is -0.140. The second-order valence-corrected chi connectivity index (χ2v) is 8.36. The van der Waals surface area contributed by atoms with Gasteiger partial charge in [-0.2, -0.15) is 0 Å². The largest absolute Gasteiger partial charge is 0.340 e. The summed E-state index contributed by atoms with van der Waals surface area (Å²) in [7, 11) is 0. The molecule has 2 N–H and O–H groups in total. The Morgan fingerprint density at radius 1 is 1.15 bits per heavy atom. The Labute approximate surface area is 166 Å². The molecular weight excluding hydrogens is 366 g/mol. The van der Waals surface area contributed by atoms with E-state index in [4.69, 9.17) is 5.73 Å². The number of hydrogen-bond acceptors (Lipinski definition) is 4. The summed E-state index contributed by atoms with van der Waals surface area (Å²) in [4.78, 5) is 41.9. The van der Waals surface area contributed by atoms with Crippen LogP contribution in [-0.2, 0) is 4.79 Å². The van der Waals surface area contributed by atoms with Crippen LogP contribution in [0.15, 0.2) is 24.3 Å². The SMILES string of the molecule is CC(C)C(C(=O)N1CCC(N)C(C)(C)C1)N1C(=O)c2ccccc2C1=O.Cl. The Hall–Kier alpha value is -1.92. The maximum atomic E-state index is 13.3. The van der Waals surface area contributed by atoms with Crippen LogP contribution in [0, 0.1) is 11.3 Å². The topological polar surface area (TPSA) is 83.7 Å². The van der Waals surface area contributed by atoms with Gasteiger partial charge >= 0.3 is 0 Å². The molecule has 0 aromatic heterocycles. The summed E-state index contributed by atoms with van der Waals surface area (Å²) in [5.74, 6) is -1.12. The number of benzene rings is 1. The Morgan fingerprint density at radius 3 is 2.11 bits per heavy atom. The molecule has 2 aliphatic heterocycles. The van der Waals surface area contributed by atoms with Crippen molar-refractivity contribution in [2.45, 2.75) is 46.2 Å². The molecule has 2 atom stereocenters. The predicted octanol–water partition coefficient (Wildman–Crippen LogP) is 2.31. The highest BCUT2D eigenvalue weighted by Gasteiger charge is 2.46. The summed E-state index contributed by atoms with van der Waals surface area (Å²) in [6, 6.07) is 5.97. The second-order valence-electron chi connectivity index (χ2n) is 8.36. The number of imide groups is 1. The lowest BCUT2D eigenvalue weighted by Crippen LogP contribution is -2.59. The van der Waals surface area contributed by atoms with Crippen molar-refractivity contribution in [3.05, 3.63) is 35.4 Å². The van der Waals surface area contributed by atoms with Crippen molar-refractivity contribution in [3.63, 3.8) is 0 Å². The van der Waals surface area contributed by atoms with Crippen LogP contribution in [0.1, 0.15) is 54.8 Å². The van der Waals surface area contributed by atoms with Crippen LogP contribution >= 0.6 is 12.4 Å². The lowest BCUT2D eigenvalue weighted by atomic mass is 9.79. The number of rotatable bonds is 3. The molecule has 148 valence electrons. The minimum Gasteiger partial charge on any atom is -0.340 e. The molecule has 1 saturated heterocycles. The molecule has 0 bridgehead atoms. The molecule has 2 aliphatic rings. The molecule has 0 radical (unpaired) electrons. The van der Waals surface area contributed by atoms with Crippen molar-refractivity contribution in [2.24, 2.45) is 17.1 Å². The van der Waals surface area contributed by atoms with Gasteiger partial charge in [-0.3, -0.25) is 19.3 Å². The van der Waals surface area contributed by atoms with Gasteiger partial charge in [-0.25, -0.2) is 0 Å². The van der Waals surface area contributed by atoms with Gasteiger partial charge in [-0.1, -0.05) is 39.8 Å². The Bertz CT molecular complexity index is 728. The van der Waals surface area contributed by atoms with E-state index in [1.54, 1.807) is 29.2 Å². The second kappa shape index (κ2) is 7.60. The summed E-state index contributed by atoms with van der Waals surface area (Å²) in [6.07, 6.45) is 0.714. The van der Waals surface area contributed by atoms with Gasteiger partial charge in [0.25, 0.3) is 11.8 Å². The number of hydrogen-bond donors (Lipinski definition) is 1. The first-order valence-corrected chi connectivity index (χ1v) is 9.16. The van der Waals surface area contributed by atoms with Crippen molar-refractivity contribution in [2.75, 3.05) is 13.1 Å². The van der Waals surface area contributed by atoms with Crippen molar-refractivity contribution >= 4 is 30.1 Å². The monoisotopic (exact) mass is 393 g/mol. The van der Waals surface area contributed by atoms with Gasteiger partial charge in [0.05, 0.1) is 11.1 Å². The van der Waals surface area contributed by atoms with Gasteiger partial charge < -0.3 is 10.6 Å². The molecule has 7 heteroatoms. The number of carbonyl (C=O) groups is 3. The maximum absolute atomic E-state index is 13.3. The normalized spacial score (nSPS) is 22.5. The van der Waals surface area contributed by atoms with Crippen molar-refractivity contribution in [1.82, 2.24) is 9.80 Å². The highest BCUT2D eigenvalue weighted by Crippen LogP contribution is 2.31. The fraction of sp³-hybridized carbons (Fsp3) is 0.550.